The molecule has 3 amide bonds. The molecule has 0 bridgehead atoms. The van der Waals surface area contributed by atoms with E-state index in [1.54, 1.807) is 51.1 Å². The number of rotatable bonds is 8. The molecule has 3 N–H and O–H groups in total. The second-order valence-corrected chi connectivity index (χ2v) is 8.42. The molecule has 2 aromatic carbocycles. The fraction of sp³-hybridized carbons (Fsp3) is 0.348. The Balaban J connectivity index is 1.71. The lowest BCUT2D eigenvalue weighted by Crippen LogP contribution is -2.34. The van der Waals surface area contributed by atoms with Gasteiger partial charge in [0, 0.05) is 35.8 Å². The quantitative estimate of drug-likeness (QED) is 0.545. The summed E-state index contributed by atoms with van der Waals surface area (Å²) in [6.45, 7) is 5.47. The maximum atomic E-state index is 12.1. The first-order valence-corrected chi connectivity index (χ1v) is 10.4. The summed E-state index contributed by atoms with van der Waals surface area (Å²) >= 11 is 5.95. The zero-order valence-corrected chi connectivity index (χ0v) is 18.7. The van der Waals surface area contributed by atoms with E-state index in [1.165, 1.54) is 0 Å². The van der Waals surface area contributed by atoms with E-state index in [0.717, 1.165) is 5.56 Å². The maximum absolute atomic E-state index is 12.1. The van der Waals surface area contributed by atoms with E-state index in [0.29, 0.717) is 29.2 Å². The van der Waals surface area contributed by atoms with Gasteiger partial charge in [-0.1, -0.05) is 23.7 Å². The lowest BCUT2D eigenvalue weighted by atomic mass is 10.1. The molecule has 2 aromatic rings. The van der Waals surface area contributed by atoms with Gasteiger partial charge in [0.25, 0.3) is 0 Å². The topological polar surface area (TPSA) is 96.5 Å². The van der Waals surface area contributed by atoms with Crippen LogP contribution in [0.5, 0.6) is 0 Å². The molecule has 8 heteroatoms. The van der Waals surface area contributed by atoms with Crippen molar-refractivity contribution in [1.29, 1.82) is 0 Å². The van der Waals surface area contributed by atoms with Gasteiger partial charge in [0.05, 0.1) is 0 Å². The lowest BCUT2D eigenvalue weighted by molar-refractivity contribution is -0.117. The van der Waals surface area contributed by atoms with Crippen molar-refractivity contribution in [2.24, 2.45) is 0 Å². The first-order chi connectivity index (χ1) is 14.6. The smallest absolute Gasteiger partial charge is 0.407 e. The molecule has 0 aliphatic rings. The van der Waals surface area contributed by atoms with Crippen LogP contribution < -0.4 is 16.0 Å². The second-order valence-electron chi connectivity index (χ2n) is 7.98. The van der Waals surface area contributed by atoms with Crippen molar-refractivity contribution in [3.63, 3.8) is 0 Å². The van der Waals surface area contributed by atoms with E-state index in [4.69, 9.17) is 16.3 Å². The number of hydrogen-bond acceptors (Lipinski definition) is 4. The van der Waals surface area contributed by atoms with Crippen molar-refractivity contribution in [1.82, 2.24) is 5.32 Å². The minimum atomic E-state index is -0.585. The molecule has 31 heavy (non-hydrogen) atoms. The fourth-order valence-electron chi connectivity index (χ4n) is 2.63. The molecule has 7 nitrogen and oxygen atoms in total. The Morgan fingerprint density at radius 3 is 2.03 bits per heavy atom. The largest absolute Gasteiger partial charge is 0.444 e. The minimum Gasteiger partial charge on any atom is -0.444 e. The fourth-order valence-corrected chi connectivity index (χ4v) is 2.84. The molecule has 0 spiro atoms. The van der Waals surface area contributed by atoms with E-state index < -0.39 is 11.7 Å². The van der Waals surface area contributed by atoms with Crippen LogP contribution in [0.25, 0.3) is 0 Å². The van der Waals surface area contributed by atoms with Crippen molar-refractivity contribution in [3.05, 3.63) is 59.1 Å². The van der Waals surface area contributed by atoms with Crippen LogP contribution in [0.3, 0.4) is 0 Å². The molecule has 0 heterocycles. The third kappa shape index (κ3) is 10.00. The Morgan fingerprint density at radius 2 is 1.48 bits per heavy atom. The number of anilines is 2. The number of carbonyl (C=O) groups is 3. The summed E-state index contributed by atoms with van der Waals surface area (Å²) in [4.78, 5) is 35.7. The summed E-state index contributed by atoms with van der Waals surface area (Å²) in [7, 11) is 0. The van der Waals surface area contributed by atoms with Crippen molar-refractivity contribution < 1.29 is 19.1 Å². The van der Waals surface area contributed by atoms with Gasteiger partial charge in [-0.2, -0.15) is 0 Å². The highest BCUT2D eigenvalue weighted by Crippen LogP contribution is 2.16. The van der Waals surface area contributed by atoms with Crippen molar-refractivity contribution >= 4 is 40.9 Å². The van der Waals surface area contributed by atoms with Gasteiger partial charge in [-0.15, -0.1) is 0 Å². The molecule has 0 saturated carbocycles. The molecule has 0 aliphatic carbocycles. The van der Waals surface area contributed by atoms with Crippen molar-refractivity contribution in [2.75, 3.05) is 17.2 Å². The third-order valence-corrected chi connectivity index (χ3v) is 4.24. The summed E-state index contributed by atoms with van der Waals surface area (Å²) in [6.07, 6.45) is 0.485. The van der Waals surface area contributed by atoms with Gasteiger partial charge in [-0.05, 0) is 69.2 Å². The predicted molar refractivity (Wildman–Crippen MR) is 122 cm³/mol. The van der Waals surface area contributed by atoms with Gasteiger partial charge in [-0.25, -0.2) is 4.79 Å². The van der Waals surface area contributed by atoms with Crippen molar-refractivity contribution in [3.8, 4) is 0 Å². The van der Waals surface area contributed by atoms with Gasteiger partial charge in [0.15, 0.2) is 0 Å². The molecule has 0 radical (unpaired) electrons. The molecular formula is C23H28ClN3O4. The van der Waals surface area contributed by atoms with Crippen LogP contribution >= 0.6 is 11.6 Å². The number of hydrogen-bond donors (Lipinski definition) is 3. The van der Waals surface area contributed by atoms with E-state index in [9.17, 15) is 14.4 Å². The standard InChI is InChI=1S/C23H28ClN3O4/c1-23(2,3)31-22(30)25-14-13-21(29)27-19-10-8-18(9-11-19)26-20(28)12-7-16-5-4-6-17(24)15-16/h4-6,8-11,15H,7,12-14H2,1-3H3,(H,25,30)(H,26,28)(H,27,29). The average molecular weight is 446 g/mol. The van der Waals surface area contributed by atoms with Crippen LogP contribution in [0.15, 0.2) is 48.5 Å². The number of benzene rings is 2. The molecule has 0 unspecified atom stereocenters. The maximum Gasteiger partial charge on any atom is 0.407 e. The number of halogens is 1. The molecule has 2 rings (SSSR count). The van der Waals surface area contributed by atoms with Crippen LogP contribution in [0.1, 0.15) is 39.2 Å². The highest BCUT2D eigenvalue weighted by Gasteiger charge is 2.15. The number of alkyl carbamates (subject to hydrolysis) is 1. The minimum absolute atomic E-state index is 0.107. The number of ether oxygens (including phenoxy) is 1. The average Bonchev–Trinajstić information content (AvgIpc) is 2.66. The van der Waals surface area contributed by atoms with Crippen LogP contribution in [0.2, 0.25) is 5.02 Å². The Morgan fingerprint density at radius 1 is 0.903 bits per heavy atom. The van der Waals surface area contributed by atoms with Gasteiger partial charge in [-0.3, -0.25) is 9.59 Å². The molecular weight excluding hydrogens is 418 g/mol. The zero-order chi connectivity index (χ0) is 22.9. The van der Waals surface area contributed by atoms with Crippen LogP contribution in [-0.4, -0.2) is 30.1 Å². The van der Waals surface area contributed by atoms with Gasteiger partial charge < -0.3 is 20.7 Å². The molecule has 0 aromatic heterocycles. The first kappa shape index (κ1) is 24.2. The van der Waals surface area contributed by atoms with Gasteiger partial charge in [0.2, 0.25) is 11.8 Å². The number of carbonyl (C=O) groups excluding carboxylic acids is 3. The summed E-state index contributed by atoms with van der Waals surface area (Å²) in [6, 6.07) is 14.3. The normalized spacial score (nSPS) is 10.8. The molecule has 0 saturated heterocycles. The number of aryl methyl sites for hydroxylation is 1. The third-order valence-electron chi connectivity index (χ3n) is 4.00. The Kier molecular flexibility index (Phi) is 8.88. The molecule has 0 atom stereocenters. The molecule has 0 fully saturated rings. The SMILES string of the molecule is CC(C)(C)OC(=O)NCCC(=O)Nc1ccc(NC(=O)CCc2cccc(Cl)c2)cc1. The Labute approximate surface area is 187 Å². The zero-order valence-electron chi connectivity index (χ0n) is 18.0. The monoisotopic (exact) mass is 445 g/mol. The van der Waals surface area contributed by atoms with Gasteiger partial charge in [0.1, 0.15) is 5.60 Å². The molecule has 0 aliphatic heterocycles. The summed E-state index contributed by atoms with van der Waals surface area (Å²) in [5, 5.41) is 8.75. The van der Waals surface area contributed by atoms with E-state index in [1.807, 2.05) is 18.2 Å². The first-order valence-electron chi connectivity index (χ1n) is 10.0. The van der Waals surface area contributed by atoms with Crippen LogP contribution in [0.4, 0.5) is 16.2 Å². The molecule has 166 valence electrons. The Bertz CT molecular complexity index is 908. The van der Waals surface area contributed by atoms with Gasteiger partial charge >= 0.3 is 6.09 Å². The second kappa shape index (κ2) is 11.4. The summed E-state index contributed by atoms with van der Waals surface area (Å²) in [5.74, 6) is -0.348. The van der Waals surface area contributed by atoms with E-state index in [-0.39, 0.29) is 24.8 Å². The summed E-state index contributed by atoms with van der Waals surface area (Å²) in [5.41, 5.74) is 1.65. The van der Waals surface area contributed by atoms with Crippen LogP contribution in [-0.2, 0) is 20.7 Å². The van der Waals surface area contributed by atoms with E-state index in [2.05, 4.69) is 16.0 Å². The van der Waals surface area contributed by atoms with Crippen molar-refractivity contribution in [2.45, 2.75) is 45.6 Å². The Hall–Kier alpha value is -3.06. The highest BCUT2D eigenvalue weighted by molar-refractivity contribution is 6.30. The highest BCUT2D eigenvalue weighted by atomic mass is 35.5. The predicted octanol–water partition coefficient (Wildman–Crippen LogP) is 4.76. The number of amides is 3. The number of nitrogens with one attached hydrogen (secondary N) is 3. The van der Waals surface area contributed by atoms with E-state index >= 15 is 0 Å². The summed E-state index contributed by atoms with van der Waals surface area (Å²) < 4.78 is 5.11. The lowest BCUT2D eigenvalue weighted by Gasteiger charge is -2.19. The van der Waals surface area contributed by atoms with Crippen LogP contribution in [0, 0.1) is 0 Å².